The van der Waals surface area contributed by atoms with Gasteiger partial charge in [-0.25, -0.2) is 0 Å². The SMILES string of the molecule is Cc1ccc(CC(=O)[C@H]2CN(C(=O)C(F)F)C[C@@H]2c2nnc(C3CC(CC(C)(C)C)C3)n2C2CC2)c(C)c1.Cl. The second-order valence-corrected chi connectivity index (χ2v) is 13.1. The standard InChI is InChI=1S/C30H40F2N4O2.ClH/c1-17-6-7-20(18(2)10-17)13-25(37)23-15-35(29(38)26(31)32)16-24(23)28-34-33-27(36(28)22-8-9-22)21-11-19(12-21)14-30(3,4)5;/h6-7,10,19,21-24,26H,8-9,11-16H2,1-5H3;1H/t19?,21?,23-,24-;/m0./s1. The number of amides is 1. The summed E-state index contributed by atoms with van der Waals surface area (Å²) in [6, 6.07) is 6.29. The number of benzene rings is 1. The number of ketones is 1. The molecule has 2 aliphatic carbocycles. The minimum absolute atomic E-state index is 0. The highest BCUT2D eigenvalue weighted by Crippen LogP contribution is 2.49. The maximum absolute atomic E-state index is 13.7. The van der Waals surface area contributed by atoms with Crippen LogP contribution < -0.4 is 0 Å². The third-order valence-corrected chi connectivity index (χ3v) is 8.59. The van der Waals surface area contributed by atoms with Crippen LogP contribution in [0.2, 0.25) is 0 Å². The first-order valence-electron chi connectivity index (χ1n) is 14.0. The van der Waals surface area contributed by atoms with Gasteiger partial charge < -0.3 is 9.47 Å². The lowest BCUT2D eigenvalue weighted by atomic mass is 9.68. The molecule has 214 valence electrons. The molecular formula is C30H41ClF2N4O2. The van der Waals surface area contributed by atoms with Crippen LogP contribution in [0.4, 0.5) is 8.78 Å². The first-order chi connectivity index (χ1) is 17.9. The largest absolute Gasteiger partial charge is 0.336 e. The molecule has 2 heterocycles. The molecule has 1 amide bonds. The highest BCUT2D eigenvalue weighted by Gasteiger charge is 2.47. The lowest BCUT2D eigenvalue weighted by Gasteiger charge is -2.38. The molecule has 9 heteroatoms. The Kier molecular flexibility index (Phi) is 8.56. The molecular weight excluding hydrogens is 522 g/mol. The average Bonchev–Trinajstić information content (AvgIpc) is 3.40. The number of hydrogen-bond donors (Lipinski definition) is 0. The Balaban J connectivity index is 0.00000353. The van der Waals surface area contributed by atoms with Crippen molar-refractivity contribution in [2.75, 3.05) is 13.1 Å². The Labute approximate surface area is 236 Å². The Morgan fingerprint density at radius 1 is 1.05 bits per heavy atom. The Hall–Kier alpha value is -2.35. The van der Waals surface area contributed by atoms with Crippen molar-refractivity contribution >= 4 is 24.1 Å². The fourth-order valence-corrected chi connectivity index (χ4v) is 6.61. The van der Waals surface area contributed by atoms with Crippen LogP contribution in [0.3, 0.4) is 0 Å². The van der Waals surface area contributed by atoms with Gasteiger partial charge in [-0.1, -0.05) is 44.5 Å². The molecule has 2 atom stereocenters. The zero-order valence-corrected chi connectivity index (χ0v) is 24.4. The predicted octanol–water partition coefficient (Wildman–Crippen LogP) is 6.20. The number of rotatable bonds is 8. The Bertz CT molecular complexity index is 1210. The molecule has 1 saturated heterocycles. The third kappa shape index (κ3) is 6.36. The van der Waals surface area contributed by atoms with Crippen molar-refractivity contribution in [3.05, 3.63) is 46.5 Å². The molecule has 3 fully saturated rings. The van der Waals surface area contributed by atoms with Crippen molar-refractivity contribution < 1.29 is 18.4 Å². The molecule has 5 rings (SSSR count). The van der Waals surface area contributed by atoms with Crippen LogP contribution in [0.15, 0.2) is 18.2 Å². The van der Waals surface area contributed by atoms with E-state index >= 15 is 0 Å². The summed E-state index contributed by atoms with van der Waals surface area (Å²) < 4.78 is 29.0. The van der Waals surface area contributed by atoms with E-state index in [2.05, 4.69) is 35.5 Å². The van der Waals surface area contributed by atoms with E-state index in [4.69, 9.17) is 0 Å². The minimum Gasteiger partial charge on any atom is -0.336 e. The highest BCUT2D eigenvalue weighted by molar-refractivity contribution is 5.87. The van der Waals surface area contributed by atoms with E-state index in [1.54, 1.807) is 0 Å². The summed E-state index contributed by atoms with van der Waals surface area (Å²) in [5.41, 5.74) is 3.38. The van der Waals surface area contributed by atoms with Gasteiger partial charge in [0.05, 0.1) is 0 Å². The van der Waals surface area contributed by atoms with Gasteiger partial charge in [-0.15, -0.1) is 22.6 Å². The topological polar surface area (TPSA) is 68.1 Å². The van der Waals surface area contributed by atoms with Crippen molar-refractivity contribution in [1.82, 2.24) is 19.7 Å². The van der Waals surface area contributed by atoms with Crippen LogP contribution in [0.5, 0.6) is 0 Å². The molecule has 2 saturated carbocycles. The van der Waals surface area contributed by atoms with E-state index < -0.39 is 24.2 Å². The van der Waals surface area contributed by atoms with Gasteiger partial charge in [-0.2, -0.15) is 8.78 Å². The third-order valence-electron chi connectivity index (χ3n) is 8.59. The summed E-state index contributed by atoms with van der Waals surface area (Å²) in [4.78, 5) is 27.1. The summed E-state index contributed by atoms with van der Waals surface area (Å²) in [6.45, 7) is 10.9. The fraction of sp³-hybridized carbons (Fsp3) is 0.667. The quantitative estimate of drug-likeness (QED) is 0.384. The highest BCUT2D eigenvalue weighted by atomic mass is 35.5. The van der Waals surface area contributed by atoms with Gasteiger partial charge in [0.15, 0.2) is 0 Å². The second-order valence-electron chi connectivity index (χ2n) is 13.1. The number of aromatic nitrogens is 3. The molecule has 0 radical (unpaired) electrons. The lowest BCUT2D eigenvalue weighted by molar-refractivity contribution is -0.141. The van der Waals surface area contributed by atoms with Gasteiger partial charge in [-0.3, -0.25) is 9.59 Å². The van der Waals surface area contributed by atoms with Gasteiger partial charge in [0.1, 0.15) is 17.4 Å². The van der Waals surface area contributed by atoms with Crippen LogP contribution in [0.25, 0.3) is 0 Å². The van der Waals surface area contributed by atoms with Crippen molar-refractivity contribution in [2.45, 2.75) is 97.4 Å². The summed E-state index contributed by atoms with van der Waals surface area (Å²) >= 11 is 0. The van der Waals surface area contributed by atoms with Gasteiger partial charge in [0.2, 0.25) is 0 Å². The van der Waals surface area contributed by atoms with Crippen molar-refractivity contribution in [1.29, 1.82) is 0 Å². The number of hydrogen-bond acceptors (Lipinski definition) is 4. The molecule has 3 aliphatic rings. The van der Waals surface area contributed by atoms with Gasteiger partial charge in [0, 0.05) is 43.3 Å². The van der Waals surface area contributed by atoms with Gasteiger partial charge >= 0.3 is 6.43 Å². The number of nitrogens with zero attached hydrogens (tertiary/aromatic N) is 4. The van der Waals surface area contributed by atoms with Gasteiger partial charge in [0.25, 0.3) is 5.91 Å². The molecule has 0 unspecified atom stereocenters. The molecule has 1 aromatic carbocycles. The van der Waals surface area contributed by atoms with Gasteiger partial charge in [-0.05, 0) is 68.4 Å². The lowest BCUT2D eigenvalue weighted by Crippen LogP contribution is -2.34. The number of aryl methyl sites for hydroxylation is 2. The molecule has 1 aromatic heterocycles. The smallest absolute Gasteiger partial charge is 0.315 e. The predicted molar refractivity (Wildman–Crippen MR) is 149 cm³/mol. The van der Waals surface area contributed by atoms with Crippen molar-refractivity contribution in [2.24, 2.45) is 17.3 Å². The second kappa shape index (κ2) is 11.3. The number of carbonyl (C=O) groups is 2. The summed E-state index contributed by atoms with van der Waals surface area (Å²) in [5.74, 6) is 0.438. The molecule has 6 nitrogen and oxygen atoms in total. The fourth-order valence-electron chi connectivity index (χ4n) is 6.61. The maximum atomic E-state index is 13.7. The van der Waals surface area contributed by atoms with E-state index in [1.165, 1.54) is 6.42 Å². The maximum Gasteiger partial charge on any atom is 0.315 e. The molecule has 2 aromatic rings. The molecule has 0 bridgehead atoms. The number of halogens is 3. The zero-order chi connectivity index (χ0) is 27.4. The van der Waals surface area contributed by atoms with E-state index in [0.717, 1.165) is 53.1 Å². The van der Waals surface area contributed by atoms with Crippen molar-refractivity contribution in [3.8, 4) is 0 Å². The summed E-state index contributed by atoms with van der Waals surface area (Å²) in [5, 5.41) is 9.24. The van der Waals surface area contributed by atoms with Crippen molar-refractivity contribution in [3.63, 3.8) is 0 Å². The number of alkyl halides is 2. The van der Waals surface area contributed by atoms with E-state index in [1.807, 2.05) is 32.0 Å². The first-order valence-corrected chi connectivity index (χ1v) is 14.0. The number of likely N-dealkylation sites (tertiary alicyclic amines) is 1. The molecule has 0 N–H and O–H groups in total. The molecule has 1 aliphatic heterocycles. The van der Waals surface area contributed by atoms with Crippen LogP contribution in [0.1, 0.15) is 99.1 Å². The van der Waals surface area contributed by atoms with Crippen LogP contribution in [-0.4, -0.2) is 50.9 Å². The number of carbonyl (C=O) groups excluding carboxylic acids is 2. The number of Topliss-reactive ketones (excluding diaryl/α,β-unsaturated/α-hetero) is 1. The van der Waals surface area contributed by atoms with Crippen LogP contribution in [-0.2, 0) is 16.0 Å². The molecule has 0 spiro atoms. The normalized spacial score (nSPS) is 25.0. The van der Waals surface area contributed by atoms with E-state index in [9.17, 15) is 18.4 Å². The van der Waals surface area contributed by atoms with Crippen LogP contribution >= 0.6 is 12.4 Å². The first kappa shape index (κ1) is 29.6. The zero-order valence-electron chi connectivity index (χ0n) is 23.6. The summed E-state index contributed by atoms with van der Waals surface area (Å²) in [6.07, 6.45) is 2.53. The Morgan fingerprint density at radius 3 is 2.31 bits per heavy atom. The summed E-state index contributed by atoms with van der Waals surface area (Å²) in [7, 11) is 0. The van der Waals surface area contributed by atoms with Crippen LogP contribution in [0, 0.1) is 31.1 Å². The monoisotopic (exact) mass is 562 g/mol. The minimum atomic E-state index is -3.09. The van der Waals surface area contributed by atoms with E-state index in [-0.39, 0.29) is 37.7 Å². The molecule has 39 heavy (non-hydrogen) atoms. The average molecular weight is 563 g/mol. The van der Waals surface area contributed by atoms with E-state index in [0.29, 0.717) is 29.1 Å². The Morgan fingerprint density at radius 2 is 1.72 bits per heavy atom.